The number of aryl methyl sites for hydroxylation is 1. The smallest absolute Gasteiger partial charge is 0.265 e. The molecule has 0 radical (unpaired) electrons. The van der Waals surface area contributed by atoms with Gasteiger partial charge in [-0.15, -0.1) is 0 Å². The lowest BCUT2D eigenvalue weighted by Crippen LogP contribution is -2.12. The molecule has 0 aromatic carbocycles. The van der Waals surface area contributed by atoms with Crippen LogP contribution in [-0.4, -0.2) is 34.9 Å². The minimum atomic E-state index is -3.69. The molecule has 0 unspecified atom stereocenters. The van der Waals surface area contributed by atoms with Crippen molar-refractivity contribution in [2.75, 3.05) is 11.3 Å². The number of rotatable bonds is 6. The molecular formula is C11H13BrN4O3S. The monoisotopic (exact) mass is 360 g/mol. The molecule has 20 heavy (non-hydrogen) atoms. The SMILES string of the molecule is O=S(=O)(Nc1ccncc1Br)c1cnn(CCCO)c1. The molecule has 0 aliphatic carbocycles. The Morgan fingerprint density at radius 1 is 1.40 bits per heavy atom. The van der Waals surface area contributed by atoms with Crippen LogP contribution in [0.3, 0.4) is 0 Å². The highest BCUT2D eigenvalue weighted by molar-refractivity contribution is 9.10. The molecule has 0 spiro atoms. The molecule has 7 nitrogen and oxygen atoms in total. The molecule has 2 heterocycles. The first kappa shape index (κ1) is 14.9. The van der Waals surface area contributed by atoms with Crippen LogP contribution in [0.1, 0.15) is 6.42 Å². The van der Waals surface area contributed by atoms with Crippen molar-refractivity contribution in [2.45, 2.75) is 17.9 Å². The molecule has 2 N–H and O–H groups in total. The largest absolute Gasteiger partial charge is 0.396 e. The maximum absolute atomic E-state index is 12.2. The van der Waals surface area contributed by atoms with E-state index in [-0.39, 0.29) is 11.5 Å². The molecule has 9 heteroatoms. The fourth-order valence-corrected chi connectivity index (χ4v) is 3.01. The Balaban J connectivity index is 2.18. The van der Waals surface area contributed by atoms with E-state index in [0.717, 1.165) is 0 Å². The van der Waals surface area contributed by atoms with E-state index in [1.54, 1.807) is 6.07 Å². The lowest BCUT2D eigenvalue weighted by molar-refractivity contribution is 0.277. The topological polar surface area (TPSA) is 97.1 Å². The lowest BCUT2D eigenvalue weighted by atomic mass is 10.4. The van der Waals surface area contributed by atoms with Gasteiger partial charge in [-0.2, -0.15) is 5.10 Å². The first-order valence-corrected chi connectivity index (χ1v) is 8.06. The Morgan fingerprint density at radius 2 is 2.20 bits per heavy atom. The summed E-state index contributed by atoms with van der Waals surface area (Å²) in [5, 5.41) is 12.7. The molecule has 108 valence electrons. The van der Waals surface area contributed by atoms with Crippen molar-refractivity contribution < 1.29 is 13.5 Å². The average molecular weight is 361 g/mol. The predicted molar refractivity (Wildman–Crippen MR) is 76.7 cm³/mol. The molecule has 0 amide bonds. The van der Waals surface area contributed by atoms with Gasteiger partial charge in [0.05, 0.1) is 16.4 Å². The normalized spacial score (nSPS) is 11.5. The molecule has 0 atom stereocenters. The molecule has 2 rings (SSSR count). The maximum atomic E-state index is 12.2. The maximum Gasteiger partial charge on any atom is 0.265 e. The Hall–Kier alpha value is -1.45. The van der Waals surface area contributed by atoms with Gasteiger partial charge >= 0.3 is 0 Å². The van der Waals surface area contributed by atoms with Crippen LogP contribution in [0.2, 0.25) is 0 Å². The fraction of sp³-hybridized carbons (Fsp3) is 0.273. The van der Waals surface area contributed by atoms with Crippen molar-refractivity contribution in [3.63, 3.8) is 0 Å². The number of halogens is 1. The number of sulfonamides is 1. The van der Waals surface area contributed by atoms with Crippen molar-refractivity contribution in [2.24, 2.45) is 0 Å². The number of pyridine rings is 1. The van der Waals surface area contributed by atoms with Gasteiger partial charge in [-0.3, -0.25) is 14.4 Å². The van der Waals surface area contributed by atoms with Gasteiger partial charge in [-0.1, -0.05) is 0 Å². The van der Waals surface area contributed by atoms with E-state index in [4.69, 9.17) is 5.11 Å². The second-order valence-electron chi connectivity index (χ2n) is 3.98. The summed E-state index contributed by atoms with van der Waals surface area (Å²) < 4.78 is 28.9. The number of hydrogen-bond acceptors (Lipinski definition) is 5. The zero-order valence-corrected chi connectivity index (χ0v) is 12.8. The second-order valence-corrected chi connectivity index (χ2v) is 6.51. The number of anilines is 1. The van der Waals surface area contributed by atoms with Gasteiger partial charge in [0, 0.05) is 31.7 Å². The van der Waals surface area contributed by atoms with Crippen molar-refractivity contribution in [1.29, 1.82) is 0 Å². The highest BCUT2D eigenvalue weighted by Crippen LogP contribution is 2.23. The quantitative estimate of drug-likeness (QED) is 0.807. The summed E-state index contributed by atoms with van der Waals surface area (Å²) >= 11 is 3.22. The summed E-state index contributed by atoms with van der Waals surface area (Å²) in [6, 6.07) is 1.55. The third kappa shape index (κ3) is 3.56. The van der Waals surface area contributed by atoms with Crippen LogP contribution < -0.4 is 4.72 Å². The van der Waals surface area contributed by atoms with Crippen LogP contribution in [0.4, 0.5) is 5.69 Å². The van der Waals surface area contributed by atoms with Crippen LogP contribution >= 0.6 is 15.9 Å². The van der Waals surface area contributed by atoms with E-state index < -0.39 is 10.0 Å². The van der Waals surface area contributed by atoms with E-state index in [1.165, 1.54) is 29.5 Å². The van der Waals surface area contributed by atoms with Crippen LogP contribution in [0.5, 0.6) is 0 Å². The van der Waals surface area contributed by atoms with E-state index in [1.807, 2.05) is 0 Å². The molecule has 0 bridgehead atoms. The number of aromatic nitrogens is 3. The summed E-state index contributed by atoms with van der Waals surface area (Å²) in [6.45, 7) is 0.495. The standard InChI is InChI=1S/C11H13BrN4O3S/c12-10-7-13-3-2-11(10)15-20(18,19)9-6-14-16(8-9)4-1-5-17/h2-3,6-8,17H,1,4-5H2,(H,13,15). The third-order valence-corrected chi connectivity index (χ3v) is 4.43. The Morgan fingerprint density at radius 3 is 2.90 bits per heavy atom. The Kier molecular flexibility index (Phi) is 4.73. The molecule has 2 aromatic rings. The molecule has 0 saturated carbocycles. The Bertz CT molecular complexity index is 686. The highest BCUT2D eigenvalue weighted by atomic mass is 79.9. The summed E-state index contributed by atoms with van der Waals surface area (Å²) in [5.74, 6) is 0. The lowest BCUT2D eigenvalue weighted by Gasteiger charge is -2.07. The highest BCUT2D eigenvalue weighted by Gasteiger charge is 2.17. The van der Waals surface area contributed by atoms with Crippen molar-refractivity contribution in [3.05, 3.63) is 35.3 Å². The van der Waals surface area contributed by atoms with Gasteiger partial charge in [0.1, 0.15) is 4.90 Å². The van der Waals surface area contributed by atoms with Crippen LogP contribution in [-0.2, 0) is 16.6 Å². The van der Waals surface area contributed by atoms with Gasteiger partial charge in [-0.05, 0) is 28.4 Å². The summed E-state index contributed by atoms with van der Waals surface area (Å²) in [6.07, 6.45) is 6.21. The second kappa shape index (κ2) is 6.33. The molecule has 0 fully saturated rings. The van der Waals surface area contributed by atoms with Gasteiger partial charge < -0.3 is 5.11 Å². The first-order chi connectivity index (χ1) is 9.53. The van der Waals surface area contributed by atoms with Crippen LogP contribution in [0.25, 0.3) is 0 Å². The summed E-state index contributed by atoms with van der Waals surface area (Å²) in [7, 11) is -3.69. The predicted octanol–water partition coefficient (Wildman–Crippen LogP) is 1.22. The number of nitrogens with one attached hydrogen (secondary N) is 1. The summed E-state index contributed by atoms with van der Waals surface area (Å²) in [4.78, 5) is 3.93. The fourth-order valence-electron chi connectivity index (χ4n) is 1.50. The van der Waals surface area contributed by atoms with Gasteiger partial charge in [0.2, 0.25) is 0 Å². The zero-order valence-electron chi connectivity index (χ0n) is 10.4. The van der Waals surface area contributed by atoms with E-state index >= 15 is 0 Å². The summed E-state index contributed by atoms with van der Waals surface area (Å²) in [5.41, 5.74) is 0.406. The van der Waals surface area contributed by atoms with Crippen molar-refractivity contribution >= 4 is 31.6 Å². The van der Waals surface area contributed by atoms with E-state index in [9.17, 15) is 8.42 Å². The van der Waals surface area contributed by atoms with Gasteiger partial charge in [-0.25, -0.2) is 8.42 Å². The van der Waals surface area contributed by atoms with Crippen LogP contribution in [0.15, 0.2) is 40.2 Å². The van der Waals surface area contributed by atoms with Gasteiger partial charge in [0.25, 0.3) is 10.0 Å². The van der Waals surface area contributed by atoms with Crippen molar-refractivity contribution in [1.82, 2.24) is 14.8 Å². The van der Waals surface area contributed by atoms with E-state index in [2.05, 4.69) is 30.7 Å². The Labute approximate surface area is 124 Å². The third-order valence-electron chi connectivity index (χ3n) is 2.48. The molecule has 0 saturated heterocycles. The number of aliphatic hydroxyl groups excluding tert-OH is 1. The first-order valence-electron chi connectivity index (χ1n) is 5.78. The van der Waals surface area contributed by atoms with Gasteiger partial charge in [0.15, 0.2) is 0 Å². The zero-order chi connectivity index (χ0) is 14.6. The molecular weight excluding hydrogens is 348 g/mol. The number of aliphatic hydroxyl groups is 1. The van der Waals surface area contributed by atoms with Crippen molar-refractivity contribution in [3.8, 4) is 0 Å². The van der Waals surface area contributed by atoms with Crippen LogP contribution in [0, 0.1) is 0 Å². The number of hydrogen-bond donors (Lipinski definition) is 2. The molecule has 0 aliphatic rings. The average Bonchev–Trinajstić information content (AvgIpc) is 2.88. The molecule has 0 aliphatic heterocycles. The molecule has 2 aromatic heterocycles. The minimum absolute atomic E-state index is 0.0319. The minimum Gasteiger partial charge on any atom is -0.396 e. The number of nitrogens with zero attached hydrogens (tertiary/aromatic N) is 3. The van der Waals surface area contributed by atoms with E-state index in [0.29, 0.717) is 23.1 Å².